The SMILES string of the molecule is C[C@@H](O)CNS(=O)(=O)c1cncc(F)c1. The van der Waals surface area contributed by atoms with Crippen molar-refractivity contribution in [2.24, 2.45) is 0 Å². The lowest BCUT2D eigenvalue weighted by Crippen LogP contribution is -2.30. The first-order valence-corrected chi connectivity index (χ1v) is 5.68. The average molecular weight is 234 g/mol. The zero-order chi connectivity index (χ0) is 11.5. The number of rotatable bonds is 4. The Morgan fingerprint density at radius 1 is 1.60 bits per heavy atom. The molecule has 0 unspecified atom stereocenters. The summed E-state index contributed by atoms with van der Waals surface area (Å²) in [4.78, 5) is 3.16. The van der Waals surface area contributed by atoms with Gasteiger partial charge in [0.1, 0.15) is 10.7 Å². The minimum Gasteiger partial charge on any atom is -0.392 e. The summed E-state index contributed by atoms with van der Waals surface area (Å²) in [6, 6.07) is 0.859. The Morgan fingerprint density at radius 3 is 2.80 bits per heavy atom. The van der Waals surface area contributed by atoms with E-state index < -0.39 is 21.9 Å². The zero-order valence-corrected chi connectivity index (χ0v) is 8.83. The van der Waals surface area contributed by atoms with Gasteiger partial charge in [-0.2, -0.15) is 0 Å². The lowest BCUT2D eigenvalue weighted by Gasteiger charge is -2.07. The van der Waals surface area contributed by atoms with Gasteiger partial charge >= 0.3 is 0 Å². The fraction of sp³-hybridized carbons (Fsp3) is 0.375. The van der Waals surface area contributed by atoms with Crippen LogP contribution in [0.25, 0.3) is 0 Å². The van der Waals surface area contributed by atoms with Gasteiger partial charge in [-0.05, 0) is 13.0 Å². The Morgan fingerprint density at radius 2 is 2.27 bits per heavy atom. The predicted molar refractivity (Wildman–Crippen MR) is 51.1 cm³/mol. The third kappa shape index (κ3) is 3.54. The van der Waals surface area contributed by atoms with Crippen molar-refractivity contribution in [3.8, 4) is 0 Å². The number of aliphatic hydroxyl groups excluding tert-OH is 1. The van der Waals surface area contributed by atoms with E-state index in [1.807, 2.05) is 0 Å². The van der Waals surface area contributed by atoms with Gasteiger partial charge in [0.2, 0.25) is 10.0 Å². The molecular formula is C8H11FN2O3S. The van der Waals surface area contributed by atoms with Crippen molar-refractivity contribution < 1.29 is 17.9 Å². The Labute approximate surface area is 87.0 Å². The van der Waals surface area contributed by atoms with Crippen LogP contribution < -0.4 is 4.72 Å². The highest BCUT2D eigenvalue weighted by molar-refractivity contribution is 7.89. The molecule has 15 heavy (non-hydrogen) atoms. The van der Waals surface area contributed by atoms with Gasteiger partial charge in [-0.25, -0.2) is 17.5 Å². The van der Waals surface area contributed by atoms with Crippen LogP contribution in [-0.2, 0) is 10.0 Å². The van der Waals surface area contributed by atoms with Crippen molar-refractivity contribution in [2.75, 3.05) is 6.54 Å². The predicted octanol–water partition coefficient (Wildman–Crippen LogP) is -0.120. The molecule has 0 amide bonds. The number of nitrogens with one attached hydrogen (secondary N) is 1. The first-order valence-electron chi connectivity index (χ1n) is 4.20. The van der Waals surface area contributed by atoms with Crippen molar-refractivity contribution >= 4 is 10.0 Å². The first-order chi connectivity index (χ1) is 6.92. The second-order valence-electron chi connectivity index (χ2n) is 3.04. The highest BCUT2D eigenvalue weighted by Gasteiger charge is 2.15. The third-order valence-corrected chi connectivity index (χ3v) is 2.95. The maximum atomic E-state index is 12.7. The van der Waals surface area contributed by atoms with Gasteiger partial charge in [-0.3, -0.25) is 4.98 Å². The molecule has 2 N–H and O–H groups in total. The quantitative estimate of drug-likeness (QED) is 0.761. The number of halogens is 1. The topological polar surface area (TPSA) is 79.3 Å². The molecule has 0 aliphatic heterocycles. The van der Waals surface area contributed by atoms with Gasteiger partial charge in [0.15, 0.2) is 0 Å². The fourth-order valence-electron chi connectivity index (χ4n) is 0.853. The number of hydrogen-bond acceptors (Lipinski definition) is 4. The van der Waals surface area contributed by atoms with Crippen molar-refractivity contribution in [3.05, 3.63) is 24.3 Å². The summed E-state index contributed by atoms with van der Waals surface area (Å²) >= 11 is 0. The molecule has 5 nitrogen and oxygen atoms in total. The molecule has 0 fully saturated rings. The van der Waals surface area contributed by atoms with Crippen molar-refractivity contribution in [3.63, 3.8) is 0 Å². The lowest BCUT2D eigenvalue weighted by atomic mass is 10.4. The smallest absolute Gasteiger partial charge is 0.242 e. The minimum absolute atomic E-state index is 0.126. The summed E-state index contributed by atoms with van der Waals surface area (Å²) in [5, 5.41) is 8.90. The van der Waals surface area contributed by atoms with Crippen LogP contribution in [0.1, 0.15) is 6.92 Å². The maximum absolute atomic E-state index is 12.7. The summed E-state index contributed by atoms with van der Waals surface area (Å²) < 4.78 is 37.7. The number of pyridine rings is 1. The Bertz CT molecular complexity index is 433. The van der Waals surface area contributed by atoms with E-state index in [0.717, 1.165) is 18.5 Å². The summed E-state index contributed by atoms with van der Waals surface area (Å²) in [5.41, 5.74) is 0. The van der Waals surface area contributed by atoms with Gasteiger partial charge in [0, 0.05) is 12.7 Å². The second-order valence-corrected chi connectivity index (χ2v) is 4.81. The normalized spacial score (nSPS) is 13.8. The van der Waals surface area contributed by atoms with E-state index in [9.17, 15) is 12.8 Å². The Balaban J connectivity index is 2.87. The van der Waals surface area contributed by atoms with Gasteiger partial charge in [0.25, 0.3) is 0 Å². The Kier molecular flexibility index (Phi) is 3.72. The molecule has 0 radical (unpaired) electrons. The summed E-state index contributed by atoms with van der Waals surface area (Å²) in [7, 11) is -3.79. The van der Waals surface area contributed by atoms with E-state index in [1.54, 1.807) is 0 Å². The van der Waals surface area contributed by atoms with Crippen LogP contribution in [0.5, 0.6) is 0 Å². The van der Waals surface area contributed by atoms with Crippen LogP contribution in [0.2, 0.25) is 0 Å². The van der Waals surface area contributed by atoms with Crippen molar-refractivity contribution in [2.45, 2.75) is 17.9 Å². The third-order valence-electron chi connectivity index (χ3n) is 1.56. The maximum Gasteiger partial charge on any atom is 0.242 e. The van der Waals surface area contributed by atoms with Crippen LogP contribution in [0.4, 0.5) is 4.39 Å². The van der Waals surface area contributed by atoms with E-state index in [4.69, 9.17) is 5.11 Å². The van der Waals surface area contributed by atoms with E-state index in [2.05, 4.69) is 9.71 Å². The molecular weight excluding hydrogens is 223 g/mol. The molecule has 7 heteroatoms. The summed E-state index contributed by atoms with van der Waals surface area (Å²) in [6.07, 6.45) is 1.14. The highest BCUT2D eigenvalue weighted by atomic mass is 32.2. The molecule has 1 heterocycles. The molecule has 1 aromatic rings. The van der Waals surface area contributed by atoms with Gasteiger partial charge in [-0.1, -0.05) is 0 Å². The monoisotopic (exact) mass is 234 g/mol. The van der Waals surface area contributed by atoms with Crippen molar-refractivity contribution in [1.82, 2.24) is 9.71 Å². The Hall–Kier alpha value is -1.05. The molecule has 0 aromatic carbocycles. The number of nitrogens with zero attached hydrogens (tertiary/aromatic N) is 1. The van der Waals surface area contributed by atoms with Crippen LogP contribution >= 0.6 is 0 Å². The lowest BCUT2D eigenvalue weighted by molar-refractivity contribution is 0.198. The van der Waals surface area contributed by atoms with Gasteiger partial charge in [-0.15, -0.1) is 0 Å². The van der Waals surface area contributed by atoms with Gasteiger partial charge < -0.3 is 5.11 Å². The number of hydrogen-bond donors (Lipinski definition) is 2. The van der Waals surface area contributed by atoms with E-state index in [0.29, 0.717) is 0 Å². The van der Waals surface area contributed by atoms with Gasteiger partial charge in [0.05, 0.1) is 12.3 Å². The van der Waals surface area contributed by atoms with E-state index >= 15 is 0 Å². The molecule has 0 aliphatic carbocycles. The number of sulfonamides is 1. The van der Waals surface area contributed by atoms with E-state index in [-0.39, 0.29) is 11.4 Å². The fourth-order valence-corrected chi connectivity index (χ4v) is 1.95. The number of aliphatic hydroxyl groups is 1. The molecule has 0 bridgehead atoms. The molecule has 0 saturated heterocycles. The summed E-state index contributed by atoms with van der Waals surface area (Å²) in [5.74, 6) is -0.727. The largest absolute Gasteiger partial charge is 0.392 e. The molecule has 0 saturated carbocycles. The molecule has 1 rings (SSSR count). The van der Waals surface area contributed by atoms with Crippen LogP contribution in [-0.4, -0.2) is 31.2 Å². The highest BCUT2D eigenvalue weighted by Crippen LogP contribution is 2.07. The van der Waals surface area contributed by atoms with Crippen LogP contribution in [0.3, 0.4) is 0 Å². The standard InChI is InChI=1S/C8H11FN2O3S/c1-6(12)3-11-15(13,14)8-2-7(9)4-10-5-8/h2,4-6,11-12H,3H2,1H3/t6-/m1/s1. The summed E-state index contributed by atoms with van der Waals surface area (Å²) in [6.45, 7) is 1.31. The molecule has 84 valence electrons. The van der Waals surface area contributed by atoms with Crippen LogP contribution in [0.15, 0.2) is 23.4 Å². The zero-order valence-electron chi connectivity index (χ0n) is 8.01. The van der Waals surface area contributed by atoms with Crippen LogP contribution in [0, 0.1) is 5.82 Å². The van der Waals surface area contributed by atoms with E-state index in [1.165, 1.54) is 6.92 Å². The van der Waals surface area contributed by atoms with Crippen molar-refractivity contribution in [1.29, 1.82) is 0 Å². The second kappa shape index (κ2) is 4.65. The molecule has 1 atom stereocenters. The average Bonchev–Trinajstić information content (AvgIpc) is 2.15. The minimum atomic E-state index is -3.79. The molecule has 0 aliphatic rings. The molecule has 1 aromatic heterocycles. The number of aromatic nitrogens is 1. The first kappa shape index (κ1) is 12.0. The molecule has 0 spiro atoms.